The van der Waals surface area contributed by atoms with Gasteiger partial charge in [-0.1, -0.05) is 42.5 Å². The van der Waals surface area contributed by atoms with Crippen molar-refractivity contribution in [2.45, 2.75) is 0 Å². The van der Waals surface area contributed by atoms with Crippen LogP contribution in [-0.2, 0) is 4.74 Å². The van der Waals surface area contributed by atoms with Crippen LogP contribution >= 0.6 is 0 Å². The van der Waals surface area contributed by atoms with Crippen molar-refractivity contribution in [1.82, 2.24) is 0 Å². The van der Waals surface area contributed by atoms with Crippen molar-refractivity contribution in [3.8, 4) is 0 Å². The molecule has 2 heteroatoms. The van der Waals surface area contributed by atoms with Crippen molar-refractivity contribution in [3.63, 3.8) is 0 Å². The van der Waals surface area contributed by atoms with Gasteiger partial charge >= 0.3 is 0 Å². The zero-order valence-electron chi connectivity index (χ0n) is 8.36. The minimum absolute atomic E-state index is 1.51. The zero-order valence-corrected chi connectivity index (χ0v) is 8.36. The summed E-state index contributed by atoms with van der Waals surface area (Å²) in [5, 5.41) is 0. The van der Waals surface area contributed by atoms with Crippen LogP contribution in [0.2, 0.25) is 0 Å². The molecule has 0 aromatic heterocycles. The third-order valence-electron chi connectivity index (χ3n) is 1.44. The first-order chi connectivity index (χ1) is 7.50. The van der Waals surface area contributed by atoms with Crippen LogP contribution in [0.5, 0.6) is 0 Å². The Kier molecular flexibility index (Phi) is 6.23. The molecule has 0 aliphatic carbocycles. The van der Waals surface area contributed by atoms with E-state index in [1.165, 1.54) is 6.26 Å². The third-order valence-corrected chi connectivity index (χ3v) is 1.44. The summed E-state index contributed by atoms with van der Waals surface area (Å²) in [4.78, 5) is 3.96. The molecule has 1 heterocycles. The molecule has 15 heavy (non-hydrogen) atoms. The second-order valence-corrected chi connectivity index (χ2v) is 2.59. The molecule has 0 spiro atoms. The third kappa shape index (κ3) is 7.02. The van der Waals surface area contributed by atoms with E-state index >= 15 is 0 Å². The fourth-order valence-corrected chi connectivity index (χ4v) is 0.804. The van der Waals surface area contributed by atoms with E-state index < -0.39 is 0 Å². The molecular formula is C13H13NO. The number of aliphatic imine (C=N–C) groups is 1. The van der Waals surface area contributed by atoms with Gasteiger partial charge in [0.2, 0.25) is 0 Å². The summed E-state index contributed by atoms with van der Waals surface area (Å²) in [6, 6.07) is 0. The molecule has 0 aromatic rings. The van der Waals surface area contributed by atoms with Gasteiger partial charge in [-0.05, 0) is 12.2 Å². The summed E-state index contributed by atoms with van der Waals surface area (Å²) in [6.45, 7) is 0. The lowest BCUT2D eigenvalue weighted by Gasteiger charge is -1.84. The molecule has 2 nitrogen and oxygen atoms in total. The average Bonchev–Trinajstić information content (AvgIpc) is 2.27. The lowest BCUT2D eigenvalue weighted by atomic mass is 10.4. The lowest BCUT2D eigenvalue weighted by Crippen LogP contribution is -1.64. The van der Waals surface area contributed by atoms with Crippen LogP contribution in [0.25, 0.3) is 0 Å². The van der Waals surface area contributed by atoms with E-state index in [4.69, 9.17) is 4.74 Å². The Morgan fingerprint density at radius 2 is 1.20 bits per heavy atom. The van der Waals surface area contributed by atoms with E-state index in [0.29, 0.717) is 0 Å². The highest BCUT2D eigenvalue weighted by Crippen LogP contribution is 1.86. The van der Waals surface area contributed by atoms with Crippen LogP contribution in [0.3, 0.4) is 0 Å². The molecule has 0 aromatic carbocycles. The van der Waals surface area contributed by atoms with Gasteiger partial charge in [-0.15, -0.1) is 0 Å². The second-order valence-electron chi connectivity index (χ2n) is 2.59. The Labute approximate surface area is 90.0 Å². The molecule has 0 N–H and O–H groups in total. The zero-order chi connectivity index (χ0) is 10.6. The summed E-state index contributed by atoms with van der Waals surface area (Å²) in [5.74, 6) is 0. The van der Waals surface area contributed by atoms with Gasteiger partial charge in [0.25, 0.3) is 0 Å². The first-order valence-electron chi connectivity index (χ1n) is 4.65. The SMILES string of the molecule is C1=C\C=C/C=C\O/C=C\N=C/C=C\C=C/1. The number of hydrogen-bond acceptors (Lipinski definition) is 2. The number of rotatable bonds is 0. The van der Waals surface area contributed by atoms with Crippen molar-refractivity contribution < 1.29 is 4.74 Å². The number of ether oxygens (including phenoxy) is 1. The Morgan fingerprint density at radius 3 is 1.93 bits per heavy atom. The summed E-state index contributed by atoms with van der Waals surface area (Å²) in [7, 11) is 0. The van der Waals surface area contributed by atoms with Crippen LogP contribution in [0.1, 0.15) is 0 Å². The van der Waals surface area contributed by atoms with E-state index in [1.54, 1.807) is 24.8 Å². The standard InChI is InChI=1S/C13H13NO/c1-2-4-6-8-10-14-11-13-15-12-9-7-5-3-1/h1-13H/b3-1-,4-2-,7-5-,8-6-,12-9-,13-11-,14-10-. The average molecular weight is 199 g/mol. The topological polar surface area (TPSA) is 21.6 Å². The van der Waals surface area contributed by atoms with Crippen molar-refractivity contribution in [3.05, 3.63) is 73.4 Å². The van der Waals surface area contributed by atoms with E-state index in [2.05, 4.69) is 4.99 Å². The summed E-state index contributed by atoms with van der Waals surface area (Å²) in [6.07, 6.45) is 23.5. The Hall–Kier alpha value is -2.09. The predicted molar refractivity (Wildman–Crippen MR) is 64.4 cm³/mol. The van der Waals surface area contributed by atoms with Crippen molar-refractivity contribution >= 4 is 6.21 Å². The van der Waals surface area contributed by atoms with Crippen molar-refractivity contribution in [1.29, 1.82) is 0 Å². The smallest absolute Gasteiger partial charge is 0.108 e. The Bertz CT molecular complexity index is 321. The van der Waals surface area contributed by atoms with Gasteiger partial charge < -0.3 is 4.74 Å². The molecule has 1 aliphatic rings. The molecule has 0 bridgehead atoms. The van der Waals surface area contributed by atoms with Gasteiger partial charge in [-0.3, -0.25) is 4.99 Å². The van der Waals surface area contributed by atoms with Gasteiger partial charge in [0.05, 0.1) is 12.5 Å². The van der Waals surface area contributed by atoms with E-state index in [9.17, 15) is 0 Å². The molecule has 0 radical (unpaired) electrons. The molecule has 0 unspecified atom stereocenters. The molecule has 76 valence electrons. The second kappa shape index (κ2) is 8.51. The molecule has 1 rings (SSSR count). The highest BCUT2D eigenvalue weighted by Gasteiger charge is 1.68. The first-order valence-corrected chi connectivity index (χ1v) is 4.65. The largest absolute Gasteiger partial charge is 0.471 e. The van der Waals surface area contributed by atoms with E-state index in [1.807, 2.05) is 48.6 Å². The van der Waals surface area contributed by atoms with Crippen LogP contribution in [0, 0.1) is 0 Å². The number of nitrogens with zero attached hydrogens (tertiary/aromatic N) is 1. The molecule has 0 saturated heterocycles. The van der Waals surface area contributed by atoms with Gasteiger partial charge in [-0.2, -0.15) is 0 Å². The lowest BCUT2D eigenvalue weighted by molar-refractivity contribution is 0.402. The van der Waals surface area contributed by atoms with Crippen LogP contribution in [0.15, 0.2) is 78.4 Å². The van der Waals surface area contributed by atoms with Gasteiger partial charge in [0.1, 0.15) is 6.26 Å². The van der Waals surface area contributed by atoms with Gasteiger partial charge in [0, 0.05) is 6.21 Å². The minimum Gasteiger partial charge on any atom is -0.471 e. The molecule has 0 saturated carbocycles. The number of hydrogen-bond donors (Lipinski definition) is 0. The summed E-state index contributed by atoms with van der Waals surface area (Å²) in [5.41, 5.74) is 0. The maximum Gasteiger partial charge on any atom is 0.108 e. The first kappa shape index (κ1) is 11.0. The van der Waals surface area contributed by atoms with Crippen molar-refractivity contribution in [2.24, 2.45) is 4.99 Å². The fourth-order valence-electron chi connectivity index (χ4n) is 0.804. The molecule has 0 atom stereocenters. The van der Waals surface area contributed by atoms with Crippen LogP contribution in [-0.4, -0.2) is 6.21 Å². The minimum atomic E-state index is 1.51. The Balaban J connectivity index is 2.62. The summed E-state index contributed by atoms with van der Waals surface area (Å²) < 4.78 is 5.02. The molecule has 0 fully saturated rings. The highest BCUT2D eigenvalue weighted by molar-refractivity contribution is 5.72. The van der Waals surface area contributed by atoms with Crippen LogP contribution < -0.4 is 0 Å². The quantitative estimate of drug-likeness (QED) is 0.586. The summed E-state index contributed by atoms with van der Waals surface area (Å²) >= 11 is 0. The monoisotopic (exact) mass is 199 g/mol. The Morgan fingerprint density at radius 1 is 0.600 bits per heavy atom. The highest BCUT2D eigenvalue weighted by atomic mass is 16.5. The van der Waals surface area contributed by atoms with Crippen molar-refractivity contribution in [2.75, 3.05) is 0 Å². The van der Waals surface area contributed by atoms with Crippen LogP contribution in [0.4, 0.5) is 0 Å². The molecular weight excluding hydrogens is 186 g/mol. The number of allylic oxidation sites excluding steroid dienone is 9. The molecule has 0 amide bonds. The van der Waals surface area contributed by atoms with Gasteiger partial charge in [0.15, 0.2) is 0 Å². The fraction of sp³-hybridized carbons (Fsp3) is 0. The van der Waals surface area contributed by atoms with E-state index in [-0.39, 0.29) is 0 Å². The normalized spacial score (nSPS) is 30.9. The predicted octanol–water partition coefficient (Wildman–Crippen LogP) is 3.30. The maximum absolute atomic E-state index is 5.02. The molecule has 1 aliphatic heterocycles. The van der Waals surface area contributed by atoms with Gasteiger partial charge in [-0.25, -0.2) is 0 Å². The van der Waals surface area contributed by atoms with E-state index in [0.717, 1.165) is 0 Å². The maximum atomic E-state index is 5.02.